The van der Waals surface area contributed by atoms with Gasteiger partial charge in [0.15, 0.2) is 0 Å². The molecule has 1 heterocycles. The van der Waals surface area contributed by atoms with Gasteiger partial charge in [0.2, 0.25) is 5.91 Å². The lowest BCUT2D eigenvalue weighted by Crippen LogP contribution is -2.10. The first kappa shape index (κ1) is 15.2. The van der Waals surface area contributed by atoms with Crippen molar-refractivity contribution in [2.75, 3.05) is 11.1 Å². The fourth-order valence-electron chi connectivity index (χ4n) is 1.69. The second-order valence-corrected chi connectivity index (χ2v) is 4.54. The molecule has 1 aromatic heterocycles. The predicted molar refractivity (Wildman–Crippen MR) is 84.1 cm³/mol. The van der Waals surface area contributed by atoms with Crippen LogP contribution in [0.15, 0.2) is 42.5 Å². The molecule has 22 heavy (non-hydrogen) atoms. The van der Waals surface area contributed by atoms with Gasteiger partial charge in [-0.1, -0.05) is 0 Å². The number of nitrogens with one attached hydrogen (secondary N) is 1. The van der Waals surface area contributed by atoms with E-state index in [1.54, 1.807) is 37.3 Å². The number of nitrogen functional groups attached to an aromatic ring is 1. The van der Waals surface area contributed by atoms with E-state index in [0.29, 0.717) is 22.8 Å². The van der Waals surface area contributed by atoms with Crippen LogP contribution in [-0.4, -0.2) is 15.8 Å². The molecular weight excluding hydrogens is 284 g/mol. The third-order valence-electron chi connectivity index (χ3n) is 2.91. The van der Waals surface area contributed by atoms with Gasteiger partial charge in [-0.25, -0.2) is 4.98 Å². The topological polar surface area (TPSA) is 111 Å². The molecule has 1 aromatic carbocycles. The highest BCUT2D eigenvalue weighted by molar-refractivity contribution is 6.01. The highest BCUT2D eigenvalue weighted by Crippen LogP contribution is 2.14. The van der Waals surface area contributed by atoms with Crippen molar-refractivity contribution in [2.45, 2.75) is 6.92 Å². The Kier molecular flexibility index (Phi) is 4.47. The molecule has 0 radical (unpaired) electrons. The normalized spacial score (nSPS) is 10.6. The van der Waals surface area contributed by atoms with Crippen LogP contribution in [-0.2, 0) is 4.79 Å². The van der Waals surface area contributed by atoms with Gasteiger partial charge >= 0.3 is 0 Å². The zero-order valence-corrected chi connectivity index (χ0v) is 11.8. The molecule has 3 N–H and O–H groups in total. The molecule has 0 saturated heterocycles. The van der Waals surface area contributed by atoms with Crippen molar-refractivity contribution in [1.82, 2.24) is 4.98 Å². The summed E-state index contributed by atoms with van der Waals surface area (Å²) in [5.74, 6) is 0.0556. The van der Waals surface area contributed by atoms with Crippen LogP contribution in [0.5, 0.6) is 0 Å². The summed E-state index contributed by atoms with van der Waals surface area (Å²) in [5, 5.41) is 13.1. The Morgan fingerprint density at radius 2 is 1.95 bits per heavy atom. The van der Waals surface area contributed by atoms with Crippen LogP contribution in [0.25, 0.3) is 6.08 Å². The molecule has 0 bridgehead atoms. The number of benzene rings is 1. The van der Waals surface area contributed by atoms with E-state index in [2.05, 4.69) is 10.3 Å². The van der Waals surface area contributed by atoms with Gasteiger partial charge in [0.25, 0.3) is 5.69 Å². The Labute approximate surface area is 126 Å². The summed E-state index contributed by atoms with van der Waals surface area (Å²) >= 11 is 0. The number of aromatic nitrogens is 1. The van der Waals surface area contributed by atoms with Gasteiger partial charge in [-0.3, -0.25) is 14.9 Å². The molecule has 2 aromatic rings. The zero-order valence-electron chi connectivity index (χ0n) is 11.8. The van der Waals surface area contributed by atoms with Crippen molar-refractivity contribution < 1.29 is 9.72 Å². The molecular formula is C15H14N4O3. The number of carbonyl (C=O) groups is 1. The van der Waals surface area contributed by atoms with Crippen LogP contribution >= 0.6 is 0 Å². The maximum atomic E-state index is 11.8. The SMILES string of the molecule is Cc1nc(NC(=O)/C=C/c2ccc([N+](=O)[O-])cc2)ccc1N. The number of hydrogen-bond donors (Lipinski definition) is 2. The van der Waals surface area contributed by atoms with E-state index in [4.69, 9.17) is 5.73 Å². The maximum absolute atomic E-state index is 11.8. The van der Waals surface area contributed by atoms with Crippen LogP contribution in [0, 0.1) is 17.0 Å². The lowest BCUT2D eigenvalue weighted by Gasteiger charge is -2.04. The molecule has 0 unspecified atom stereocenters. The number of rotatable bonds is 4. The first-order valence-corrected chi connectivity index (χ1v) is 6.42. The summed E-state index contributed by atoms with van der Waals surface area (Å²) in [6.45, 7) is 1.75. The molecule has 0 aliphatic rings. The van der Waals surface area contributed by atoms with E-state index >= 15 is 0 Å². The number of anilines is 2. The maximum Gasteiger partial charge on any atom is 0.269 e. The Bertz CT molecular complexity index is 739. The average Bonchev–Trinajstić information content (AvgIpc) is 2.49. The average molecular weight is 298 g/mol. The van der Waals surface area contributed by atoms with Crippen molar-refractivity contribution >= 4 is 29.2 Å². The van der Waals surface area contributed by atoms with E-state index in [9.17, 15) is 14.9 Å². The summed E-state index contributed by atoms with van der Waals surface area (Å²) in [6, 6.07) is 9.16. The van der Waals surface area contributed by atoms with Crippen LogP contribution in [0.3, 0.4) is 0 Å². The number of nitrogens with two attached hydrogens (primary N) is 1. The number of aryl methyl sites for hydroxylation is 1. The monoisotopic (exact) mass is 298 g/mol. The number of non-ortho nitro benzene ring substituents is 1. The number of hydrogen-bond acceptors (Lipinski definition) is 5. The molecule has 0 fully saturated rings. The van der Waals surface area contributed by atoms with E-state index in [1.807, 2.05) is 0 Å². The second-order valence-electron chi connectivity index (χ2n) is 4.54. The van der Waals surface area contributed by atoms with Gasteiger partial charge < -0.3 is 11.1 Å². The standard InChI is InChI=1S/C15H14N4O3/c1-10-13(16)7-8-14(17-10)18-15(20)9-4-11-2-5-12(6-3-11)19(21)22/h2-9H,16H2,1H3,(H,17,18,20)/b9-4+. The minimum absolute atomic E-state index is 0.00292. The molecule has 112 valence electrons. The molecule has 7 heteroatoms. The second kappa shape index (κ2) is 6.49. The van der Waals surface area contributed by atoms with Crippen molar-refractivity contribution in [3.63, 3.8) is 0 Å². The third kappa shape index (κ3) is 3.89. The lowest BCUT2D eigenvalue weighted by atomic mass is 10.2. The number of nitrogens with zero attached hydrogens (tertiary/aromatic N) is 2. The van der Waals surface area contributed by atoms with Crippen molar-refractivity contribution in [1.29, 1.82) is 0 Å². The highest BCUT2D eigenvalue weighted by atomic mass is 16.6. The van der Waals surface area contributed by atoms with E-state index in [0.717, 1.165) is 0 Å². The Hall–Kier alpha value is -3.22. The summed E-state index contributed by atoms with van der Waals surface area (Å²) < 4.78 is 0. The Morgan fingerprint density at radius 3 is 2.55 bits per heavy atom. The number of pyridine rings is 1. The minimum atomic E-state index is -0.477. The molecule has 1 amide bonds. The minimum Gasteiger partial charge on any atom is -0.397 e. The van der Waals surface area contributed by atoms with Gasteiger partial charge in [0.05, 0.1) is 16.3 Å². The van der Waals surface area contributed by atoms with Crippen molar-refractivity contribution in [3.8, 4) is 0 Å². The van der Waals surface area contributed by atoms with E-state index < -0.39 is 4.92 Å². The predicted octanol–water partition coefficient (Wildman–Crippen LogP) is 2.53. The Balaban J connectivity index is 2.01. The molecule has 0 aliphatic carbocycles. The van der Waals surface area contributed by atoms with Gasteiger partial charge in [-0.15, -0.1) is 0 Å². The first-order chi connectivity index (χ1) is 10.5. The number of carbonyl (C=O) groups excluding carboxylic acids is 1. The number of nitro groups is 1. The third-order valence-corrected chi connectivity index (χ3v) is 2.91. The molecule has 2 rings (SSSR count). The fourth-order valence-corrected chi connectivity index (χ4v) is 1.69. The number of amides is 1. The van der Waals surface area contributed by atoms with Crippen molar-refractivity contribution in [2.24, 2.45) is 0 Å². The van der Waals surface area contributed by atoms with E-state index in [1.165, 1.54) is 18.2 Å². The molecule has 0 atom stereocenters. The van der Waals surface area contributed by atoms with Crippen molar-refractivity contribution in [3.05, 3.63) is 63.8 Å². The van der Waals surface area contributed by atoms with Gasteiger partial charge in [0.1, 0.15) is 5.82 Å². The fraction of sp³-hybridized carbons (Fsp3) is 0.0667. The molecule has 0 saturated carbocycles. The lowest BCUT2D eigenvalue weighted by molar-refractivity contribution is -0.384. The van der Waals surface area contributed by atoms with Gasteiger partial charge in [0, 0.05) is 18.2 Å². The largest absolute Gasteiger partial charge is 0.397 e. The van der Waals surface area contributed by atoms with Crippen LogP contribution in [0.2, 0.25) is 0 Å². The summed E-state index contributed by atoms with van der Waals surface area (Å²) in [7, 11) is 0. The molecule has 0 spiro atoms. The summed E-state index contributed by atoms with van der Waals surface area (Å²) in [5.41, 5.74) is 7.53. The van der Waals surface area contributed by atoms with Gasteiger partial charge in [-0.05, 0) is 42.8 Å². The van der Waals surface area contributed by atoms with E-state index in [-0.39, 0.29) is 11.6 Å². The first-order valence-electron chi connectivity index (χ1n) is 6.42. The molecule has 7 nitrogen and oxygen atoms in total. The highest BCUT2D eigenvalue weighted by Gasteiger charge is 2.04. The van der Waals surface area contributed by atoms with Gasteiger partial charge in [-0.2, -0.15) is 0 Å². The van der Waals surface area contributed by atoms with Crippen LogP contribution in [0.4, 0.5) is 17.2 Å². The Morgan fingerprint density at radius 1 is 1.27 bits per heavy atom. The summed E-state index contributed by atoms with van der Waals surface area (Å²) in [6.07, 6.45) is 2.89. The molecule has 0 aliphatic heterocycles. The van der Waals surface area contributed by atoms with Crippen LogP contribution in [0.1, 0.15) is 11.3 Å². The number of nitro benzene ring substituents is 1. The summed E-state index contributed by atoms with van der Waals surface area (Å²) in [4.78, 5) is 26.0. The van der Waals surface area contributed by atoms with Crippen LogP contribution < -0.4 is 11.1 Å². The zero-order chi connectivity index (χ0) is 16.1. The quantitative estimate of drug-likeness (QED) is 0.512. The smallest absolute Gasteiger partial charge is 0.269 e.